The van der Waals surface area contributed by atoms with Gasteiger partial charge in [-0.05, 0) is 56.2 Å². The molecule has 0 radical (unpaired) electrons. The number of benzene rings is 2. The van der Waals surface area contributed by atoms with Crippen LogP contribution in [0.4, 0.5) is 11.4 Å². The van der Waals surface area contributed by atoms with Crippen LogP contribution in [0.3, 0.4) is 0 Å². The highest BCUT2D eigenvalue weighted by atomic mass is 32.2. The van der Waals surface area contributed by atoms with Crippen molar-refractivity contribution in [2.24, 2.45) is 0 Å². The van der Waals surface area contributed by atoms with E-state index in [1.54, 1.807) is 12.1 Å². The number of carbonyl (C=O) groups excluding carboxylic acids is 2. The van der Waals surface area contributed by atoms with Crippen molar-refractivity contribution in [1.82, 2.24) is 0 Å². The molecule has 0 saturated heterocycles. The molecule has 7 heteroatoms. The quantitative estimate of drug-likeness (QED) is 0.560. The Balaban J connectivity index is 1.60. The van der Waals surface area contributed by atoms with Crippen LogP contribution in [0.1, 0.15) is 19.4 Å². The fourth-order valence-corrected chi connectivity index (χ4v) is 4.02. The predicted molar refractivity (Wildman–Crippen MR) is 114 cm³/mol. The Morgan fingerprint density at radius 2 is 1.83 bits per heavy atom. The van der Waals surface area contributed by atoms with Crippen molar-refractivity contribution >= 4 is 40.9 Å². The van der Waals surface area contributed by atoms with Gasteiger partial charge in [0.25, 0.3) is 0 Å². The third-order valence-corrected chi connectivity index (χ3v) is 5.72. The van der Waals surface area contributed by atoms with Gasteiger partial charge >= 0.3 is 5.97 Å². The largest absolute Gasteiger partial charge is 0.478 e. The van der Waals surface area contributed by atoms with E-state index in [-0.39, 0.29) is 16.7 Å². The molecule has 1 aliphatic rings. The second-order valence-corrected chi connectivity index (χ2v) is 8.19. The second-order valence-electron chi connectivity index (χ2n) is 6.77. The monoisotopic (exact) mass is 410 g/mol. The first-order chi connectivity index (χ1) is 13.8. The maximum Gasteiger partial charge on any atom is 0.331 e. The van der Waals surface area contributed by atoms with Crippen LogP contribution in [0.2, 0.25) is 0 Å². The highest BCUT2D eigenvalue weighted by Crippen LogP contribution is 2.32. The highest BCUT2D eigenvalue weighted by molar-refractivity contribution is 8.00. The minimum Gasteiger partial charge on any atom is -0.478 e. The van der Waals surface area contributed by atoms with E-state index >= 15 is 0 Å². The van der Waals surface area contributed by atoms with E-state index in [9.17, 15) is 14.4 Å². The number of fused-ring (bicyclic) bond motifs is 1. The van der Waals surface area contributed by atoms with Crippen LogP contribution in [0.25, 0.3) is 0 Å². The van der Waals surface area contributed by atoms with Crippen LogP contribution in [0.5, 0.6) is 0 Å². The molecular weight excluding hydrogens is 388 g/mol. The summed E-state index contributed by atoms with van der Waals surface area (Å²) in [5.41, 5.74) is 2.71. The molecule has 0 unspecified atom stereocenters. The summed E-state index contributed by atoms with van der Waals surface area (Å²) in [6.07, 6.45) is 1.92. The molecule has 0 aromatic heterocycles. The molecule has 0 saturated carbocycles. The molecule has 2 N–H and O–H groups in total. The summed E-state index contributed by atoms with van der Waals surface area (Å²) in [5.74, 6) is -1.56. The van der Waals surface area contributed by atoms with E-state index in [4.69, 9.17) is 5.11 Å². The summed E-state index contributed by atoms with van der Waals surface area (Å²) < 4.78 is 0. The Bertz CT molecular complexity index is 969. The summed E-state index contributed by atoms with van der Waals surface area (Å²) >= 11 is 1.46. The van der Waals surface area contributed by atoms with Gasteiger partial charge in [-0.25, -0.2) is 4.79 Å². The van der Waals surface area contributed by atoms with Crippen LogP contribution in [-0.2, 0) is 20.8 Å². The number of hydrogen-bond donors (Lipinski definition) is 2. The highest BCUT2D eigenvalue weighted by Gasteiger charge is 2.28. The van der Waals surface area contributed by atoms with Gasteiger partial charge in [-0.2, -0.15) is 0 Å². The number of thioether (sulfide) groups is 1. The average molecular weight is 410 g/mol. The van der Waals surface area contributed by atoms with Crippen molar-refractivity contribution in [1.29, 1.82) is 0 Å². The zero-order valence-corrected chi connectivity index (χ0v) is 17.0. The van der Waals surface area contributed by atoms with Gasteiger partial charge < -0.3 is 15.3 Å². The van der Waals surface area contributed by atoms with Crippen LogP contribution in [0.15, 0.2) is 65.1 Å². The maximum absolute atomic E-state index is 12.9. The molecule has 6 nitrogen and oxygen atoms in total. The van der Waals surface area contributed by atoms with Crippen LogP contribution in [-0.4, -0.2) is 34.7 Å². The van der Waals surface area contributed by atoms with Gasteiger partial charge in [-0.3, -0.25) is 9.59 Å². The van der Waals surface area contributed by atoms with Crippen LogP contribution in [0, 0.1) is 0 Å². The van der Waals surface area contributed by atoms with Crippen LogP contribution < -0.4 is 10.2 Å². The lowest BCUT2D eigenvalue weighted by atomic mass is 10.2. The Morgan fingerprint density at radius 3 is 2.52 bits per heavy atom. The Morgan fingerprint density at radius 1 is 1.14 bits per heavy atom. The van der Waals surface area contributed by atoms with Gasteiger partial charge in [-0.1, -0.05) is 18.2 Å². The summed E-state index contributed by atoms with van der Waals surface area (Å²) in [4.78, 5) is 38.2. The summed E-state index contributed by atoms with van der Waals surface area (Å²) in [6.45, 7) is 3.96. The van der Waals surface area contributed by atoms with Gasteiger partial charge in [0.05, 0.1) is 5.25 Å². The third kappa shape index (κ3) is 5.06. The molecule has 0 fully saturated rings. The molecule has 29 heavy (non-hydrogen) atoms. The molecule has 0 bridgehead atoms. The second kappa shape index (κ2) is 8.96. The number of nitrogens with one attached hydrogen (secondary N) is 1. The van der Waals surface area contributed by atoms with E-state index in [0.717, 1.165) is 23.1 Å². The molecule has 0 spiro atoms. The zero-order chi connectivity index (χ0) is 21.0. The lowest BCUT2D eigenvalue weighted by molar-refractivity contribution is -0.132. The molecule has 150 valence electrons. The minimum absolute atomic E-state index is 0.0366. The Hall–Kier alpha value is -3.06. The molecule has 2 amide bonds. The number of aliphatic carboxylic acids is 1. The van der Waals surface area contributed by atoms with Gasteiger partial charge in [0.2, 0.25) is 11.8 Å². The predicted octanol–water partition coefficient (Wildman–Crippen LogP) is 3.73. The lowest BCUT2D eigenvalue weighted by Gasteiger charge is -2.21. The van der Waals surface area contributed by atoms with E-state index in [2.05, 4.69) is 11.4 Å². The fraction of sp³-hybridized carbons (Fsp3) is 0.227. The van der Waals surface area contributed by atoms with Crippen molar-refractivity contribution in [2.75, 3.05) is 16.8 Å². The van der Waals surface area contributed by atoms with Gasteiger partial charge in [0.15, 0.2) is 0 Å². The van der Waals surface area contributed by atoms with E-state index < -0.39 is 11.9 Å². The number of carboxylic acid groups (broad SMARTS) is 1. The number of hydrogen-bond acceptors (Lipinski definition) is 4. The first-order valence-electron chi connectivity index (χ1n) is 9.23. The minimum atomic E-state index is -1.13. The van der Waals surface area contributed by atoms with E-state index in [1.807, 2.05) is 42.2 Å². The molecule has 1 heterocycles. The molecule has 3 rings (SSSR count). The molecular formula is C22H22N2O4S. The normalized spacial score (nSPS) is 14.3. The molecule has 1 atom stereocenters. The number of anilines is 2. The standard InChI is InChI=1S/C22H22N2O4S/c1-14(22(27)28)13-20(25)23-17-7-9-18(10-8-17)29-15(2)21(26)24-12-11-16-5-3-4-6-19(16)24/h3-10,13,15H,11-12H2,1-2H3,(H,23,25)(H,27,28)/b14-13-/t15-/m0/s1. The van der Waals surface area contributed by atoms with Crippen molar-refractivity contribution in [3.63, 3.8) is 0 Å². The topological polar surface area (TPSA) is 86.7 Å². The molecule has 1 aliphatic heterocycles. The maximum atomic E-state index is 12.9. The number of nitrogens with zero attached hydrogens (tertiary/aromatic N) is 1. The summed E-state index contributed by atoms with van der Waals surface area (Å²) in [5, 5.41) is 11.2. The third-order valence-electron chi connectivity index (χ3n) is 4.62. The number of para-hydroxylation sites is 1. The van der Waals surface area contributed by atoms with Crippen molar-refractivity contribution < 1.29 is 19.5 Å². The SMILES string of the molecule is C/C(=C/C(=O)Nc1ccc(S[C@@H](C)C(=O)N2CCc3ccccc32)cc1)C(=O)O. The Labute approximate surface area is 173 Å². The molecule has 2 aromatic carbocycles. The summed E-state index contributed by atoms with van der Waals surface area (Å²) in [6, 6.07) is 15.1. The van der Waals surface area contributed by atoms with Gasteiger partial charge in [0.1, 0.15) is 0 Å². The van der Waals surface area contributed by atoms with Gasteiger partial charge in [0, 0.05) is 34.5 Å². The first-order valence-corrected chi connectivity index (χ1v) is 10.1. The van der Waals surface area contributed by atoms with Crippen molar-refractivity contribution in [3.8, 4) is 0 Å². The van der Waals surface area contributed by atoms with Gasteiger partial charge in [-0.15, -0.1) is 11.8 Å². The first kappa shape index (κ1) is 20.7. The van der Waals surface area contributed by atoms with Crippen LogP contribution >= 0.6 is 11.8 Å². The average Bonchev–Trinajstić information content (AvgIpc) is 3.12. The zero-order valence-electron chi connectivity index (χ0n) is 16.2. The van der Waals surface area contributed by atoms with Crippen molar-refractivity contribution in [3.05, 3.63) is 65.7 Å². The van der Waals surface area contributed by atoms with E-state index in [1.165, 1.54) is 24.2 Å². The number of carbonyl (C=O) groups is 3. The molecule has 0 aliphatic carbocycles. The summed E-state index contributed by atoms with van der Waals surface area (Å²) in [7, 11) is 0. The Kier molecular flexibility index (Phi) is 6.39. The van der Waals surface area contributed by atoms with Crippen molar-refractivity contribution in [2.45, 2.75) is 30.4 Å². The number of carboxylic acids is 1. The smallest absolute Gasteiger partial charge is 0.331 e. The number of amides is 2. The van der Waals surface area contributed by atoms with E-state index in [0.29, 0.717) is 12.2 Å². The molecule has 2 aromatic rings. The number of rotatable bonds is 6. The lowest BCUT2D eigenvalue weighted by Crippen LogP contribution is -2.35. The fourth-order valence-electron chi connectivity index (χ4n) is 3.09.